The van der Waals surface area contributed by atoms with E-state index in [-0.39, 0.29) is 31.3 Å². The molecule has 0 bridgehead atoms. The van der Waals surface area contributed by atoms with Crippen molar-refractivity contribution in [2.24, 2.45) is 5.92 Å². The van der Waals surface area contributed by atoms with Crippen molar-refractivity contribution in [1.82, 2.24) is 4.98 Å². The molecule has 1 aliphatic heterocycles. The first kappa shape index (κ1) is 20.8. The van der Waals surface area contributed by atoms with Gasteiger partial charge in [-0.25, -0.2) is 0 Å². The number of fused-ring (bicyclic) bond motifs is 1. The lowest BCUT2D eigenvalue weighted by Gasteiger charge is -2.23. The lowest BCUT2D eigenvalue weighted by molar-refractivity contribution is -0.147. The number of anilines is 1. The fourth-order valence-corrected chi connectivity index (χ4v) is 4.10. The molecule has 1 aliphatic rings. The Balaban J connectivity index is 1.42. The fraction of sp³-hybridized carbons (Fsp3) is 0.320. The molecule has 2 heterocycles. The van der Waals surface area contributed by atoms with E-state index in [9.17, 15) is 14.4 Å². The average molecular weight is 418 g/mol. The zero-order chi connectivity index (χ0) is 22.0. The summed E-state index contributed by atoms with van der Waals surface area (Å²) in [4.78, 5) is 42.6. The van der Waals surface area contributed by atoms with Gasteiger partial charge < -0.3 is 14.6 Å². The average Bonchev–Trinajstić information content (AvgIpc) is 3.40. The van der Waals surface area contributed by atoms with Gasteiger partial charge in [-0.3, -0.25) is 14.4 Å². The largest absolute Gasteiger partial charge is 0.457 e. The molecule has 6 nitrogen and oxygen atoms in total. The molecule has 0 spiro atoms. The third-order valence-corrected chi connectivity index (χ3v) is 6.06. The molecule has 1 aromatic heterocycles. The maximum absolute atomic E-state index is 12.7. The van der Waals surface area contributed by atoms with E-state index in [2.05, 4.69) is 18.8 Å². The molecular formula is C25H26N2O4. The van der Waals surface area contributed by atoms with Crippen LogP contribution in [0.3, 0.4) is 0 Å². The smallest absolute Gasteiger partial charge is 0.311 e. The molecule has 0 saturated carbocycles. The SMILES string of the molecule is CC[C@@H](C)c1ccccc1N1C[C@@H](C(=O)OCC(=O)c2c[nH]c3ccccc23)CC1=O. The predicted octanol–water partition coefficient (Wildman–Crippen LogP) is 4.46. The number of carbonyl (C=O) groups is 3. The minimum atomic E-state index is -0.576. The highest BCUT2D eigenvalue weighted by atomic mass is 16.5. The van der Waals surface area contributed by atoms with Gasteiger partial charge in [0.15, 0.2) is 6.61 Å². The molecule has 0 unspecified atom stereocenters. The van der Waals surface area contributed by atoms with Crippen LogP contribution >= 0.6 is 0 Å². The minimum Gasteiger partial charge on any atom is -0.457 e. The van der Waals surface area contributed by atoms with Crippen LogP contribution < -0.4 is 4.90 Å². The Morgan fingerprint density at radius 1 is 1.16 bits per heavy atom. The molecule has 0 radical (unpaired) electrons. The van der Waals surface area contributed by atoms with Gasteiger partial charge in [-0.2, -0.15) is 0 Å². The molecule has 4 rings (SSSR count). The van der Waals surface area contributed by atoms with Crippen molar-refractivity contribution in [3.63, 3.8) is 0 Å². The normalized spacial score (nSPS) is 17.2. The first-order chi connectivity index (χ1) is 15.0. The topological polar surface area (TPSA) is 79.5 Å². The quantitative estimate of drug-likeness (QED) is 0.454. The molecule has 3 aromatic rings. The third kappa shape index (κ3) is 4.10. The van der Waals surface area contributed by atoms with Gasteiger partial charge in [-0.05, 0) is 30.0 Å². The molecule has 2 atom stereocenters. The van der Waals surface area contributed by atoms with Crippen LogP contribution in [0.25, 0.3) is 10.9 Å². The van der Waals surface area contributed by atoms with Crippen molar-refractivity contribution < 1.29 is 19.1 Å². The van der Waals surface area contributed by atoms with Crippen LogP contribution in [0.2, 0.25) is 0 Å². The Morgan fingerprint density at radius 3 is 2.71 bits per heavy atom. The number of hydrogen-bond acceptors (Lipinski definition) is 4. The second-order valence-corrected chi connectivity index (χ2v) is 8.05. The van der Waals surface area contributed by atoms with E-state index in [0.29, 0.717) is 11.5 Å². The van der Waals surface area contributed by atoms with Crippen LogP contribution in [0.1, 0.15) is 48.5 Å². The summed E-state index contributed by atoms with van der Waals surface area (Å²) < 4.78 is 5.31. The molecule has 31 heavy (non-hydrogen) atoms. The van der Waals surface area contributed by atoms with E-state index in [1.165, 1.54) is 0 Å². The molecule has 6 heteroatoms. The lowest BCUT2D eigenvalue weighted by Crippen LogP contribution is -2.28. The Kier molecular flexibility index (Phi) is 5.89. The fourth-order valence-electron chi connectivity index (χ4n) is 4.10. The predicted molar refractivity (Wildman–Crippen MR) is 119 cm³/mol. The van der Waals surface area contributed by atoms with E-state index < -0.39 is 11.9 Å². The summed E-state index contributed by atoms with van der Waals surface area (Å²) in [7, 11) is 0. The van der Waals surface area contributed by atoms with Crippen LogP contribution in [-0.4, -0.2) is 35.8 Å². The maximum Gasteiger partial charge on any atom is 0.311 e. The number of rotatable bonds is 7. The van der Waals surface area contributed by atoms with Crippen molar-refractivity contribution in [3.05, 3.63) is 65.9 Å². The lowest BCUT2D eigenvalue weighted by atomic mass is 9.96. The van der Waals surface area contributed by atoms with Crippen LogP contribution in [-0.2, 0) is 14.3 Å². The third-order valence-electron chi connectivity index (χ3n) is 6.06. The second-order valence-electron chi connectivity index (χ2n) is 8.05. The number of ether oxygens (including phenoxy) is 1. The molecular weight excluding hydrogens is 392 g/mol. The number of para-hydroxylation sites is 2. The number of ketones is 1. The van der Waals surface area contributed by atoms with Crippen LogP contribution in [0.5, 0.6) is 0 Å². The first-order valence-corrected chi connectivity index (χ1v) is 10.6. The zero-order valence-electron chi connectivity index (χ0n) is 17.8. The number of amides is 1. The van der Waals surface area contributed by atoms with Gasteiger partial charge in [0.05, 0.1) is 5.92 Å². The van der Waals surface area contributed by atoms with E-state index in [1.807, 2.05) is 48.5 Å². The summed E-state index contributed by atoms with van der Waals surface area (Å²) in [5, 5.41) is 0.799. The van der Waals surface area contributed by atoms with Gasteiger partial charge in [0.25, 0.3) is 0 Å². The van der Waals surface area contributed by atoms with E-state index in [1.54, 1.807) is 11.1 Å². The number of hydrogen-bond donors (Lipinski definition) is 1. The highest BCUT2D eigenvalue weighted by Crippen LogP contribution is 2.33. The molecule has 1 fully saturated rings. The summed E-state index contributed by atoms with van der Waals surface area (Å²) in [5.41, 5.74) is 3.30. The summed E-state index contributed by atoms with van der Waals surface area (Å²) in [5.74, 6) is -1.14. The summed E-state index contributed by atoms with van der Waals surface area (Å²) in [6.07, 6.45) is 2.68. The summed E-state index contributed by atoms with van der Waals surface area (Å²) >= 11 is 0. The van der Waals surface area contributed by atoms with Gasteiger partial charge in [0.2, 0.25) is 11.7 Å². The first-order valence-electron chi connectivity index (χ1n) is 10.6. The Bertz CT molecular complexity index is 1130. The van der Waals surface area contributed by atoms with Crippen molar-refractivity contribution in [2.45, 2.75) is 32.6 Å². The highest BCUT2D eigenvalue weighted by Gasteiger charge is 2.37. The molecule has 1 N–H and O–H groups in total. The van der Waals surface area contributed by atoms with Crippen molar-refractivity contribution in [1.29, 1.82) is 0 Å². The number of aromatic nitrogens is 1. The summed E-state index contributed by atoms with van der Waals surface area (Å²) in [6.45, 7) is 4.17. The monoisotopic (exact) mass is 418 g/mol. The van der Waals surface area contributed by atoms with Gasteiger partial charge in [-0.1, -0.05) is 50.2 Å². The van der Waals surface area contributed by atoms with E-state index >= 15 is 0 Å². The van der Waals surface area contributed by atoms with Crippen molar-refractivity contribution >= 4 is 34.3 Å². The maximum atomic E-state index is 12.7. The number of benzene rings is 2. The van der Waals surface area contributed by atoms with Crippen LogP contribution in [0.4, 0.5) is 5.69 Å². The number of H-pyrrole nitrogens is 1. The number of Topliss-reactive ketones (excluding diaryl/α,β-unsaturated/α-hetero) is 1. The molecule has 1 amide bonds. The minimum absolute atomic E-state index is 0.0922. The van der Waals surface area contributed by atoms with Crippen LogP contribution in [0.15, 0.2) is 54.7 Å². The highest BCUT2D eigenvalue weighted by molar-refractivity contribution is 6.09. The molecule has 1 saturated heterocycles. The van der Waals surface area contributed by atoms with E-state index in [4.69, 9.17) is 4.74 Å². The van der Waals surface area contributed by atoms with Gasteiger partial charge in [-0.15, -0.1) is 0 Å². The number of aromatic amines is 1. The molecule has 2 aromatic carbocycles. The van der Waals surface area contributed by atoms with E-state index in [0.717, 1.165) is 28.6 Å². The number of esters is 1. The van der Waals surface area contributed by atoms with Crippen molar-refractivity contribution in [2.75, 3.05) is 18.1 Å². The number of carbonyl (C=O) groups excluding carboxylic acids is 3. The van der Waals surface area contributed by atoms with Crippen molar-refractivity contribution in [3.8, 4) is 0 Å². The van der Waals surface area contributed by atoms with Gasteiger partial charge in [0, 0.05) is 41.3 Å². The van der Waals surface area contributed by atoms with Gasteiger partial charge >= 0.3 is 5.97 Å². The second kappa shape index (κ2) is 8.76. The number of nitrogens with one attached hydrogen (secondary N) is 1. The Labute approximate surface area is 181 Å². The number of nitrogens with zero attached hydrogens (tertiary/aromatic N) is 1. The Morgan fingerprint density at radius 2 is 1.90 bits per heavy atom. The standard InChI is InChI=1S/C25H26N2O4/c1-3-16(2)18-8-5-7-11-22(18)27-14-17(12-24(27)29)25(30)31-15-23(28)20-13-26-21-10-6-4-9-19(20)21/h4-11,13,16-17,26H,3,12,14-15H2,1-2H3/t16-,17+/m1/s1. The molecule has 0 aliphatic carbocycles. The zero-order valence-corrected chi connectivity index (χ0v) is 17.8. The Hall–Kier alpha value is -3.41. The van der Waals surface area contributed by atoms with Crippen LogP contribution in [0, 0.1) is 5.92 Å². The molecule has 160 valence electrons. The van der Waals surface area contributed by atoms with Gasteiger partial charge in [0.1, 0.15) is 0 Å². The summed E-state index contributed by atoms with van der Waals surface area (Å²) in [6, 6.07) is 15.3.